The molecule has 1 aliphatic carbocycles. The summed E-state index contributed by atoms with van der Waals surface area (Å²) in [6.07, 6.45) is 6.40. The molecule has 0 spiro atoms. The van der Waals surface area contributed by atoms with E-state index in [1.807, 2.05) is 27.7 Å². The van der Waals surface area contributed by atoms with Gasteiger partial charge >= 0.3 is 0 Å². The molecule has 68 valence electrons. The molecule has 1 rings (SSSR count). The molecule has 12 heavy (non-hydrogen) atoms. The fourth-order valence-corrected chi connectivity index (χ4v) is 0.489. The Morgan fingerprint density at radius 2 is 1.25 bits per heavy atom. The second kappa shape index (κ2) is 9.89. The molecule has 0 N–H and O–H groups in total. The molecule has 0 saturated heterocycles. The first-order valence-corrected chi connectivity index (χ1v) is 4.38. The van der Waals surface area contributed by atoms with Gasteiger partial charge in [-0.05, 0) is 17.7 Å². The summed E-state index contributed by atoms with van der Waals surface area (Å²) in [5, 5.41) is 0. The van der Waals surface area contributed by atoms with Crippen LogP contribution in [0.3, 0.4) is 0 Å². The normalized spacial score (nSPS) is 12.7. The molecule has 0 aliphatic heterocycles. The lowest BCUT2D eigenvalue weighted by molar-refractivity contribution is -0.110. The molecule has 0 aromatic carbocycles. The Morgan fingerprint density at radius 1 is 0.917 bits per heavy atom. The Balaban J connectivity index is 0. The van der Waals surface area contributed by atoms with Crippen molar-refractivity contribution in [1.82, 2.24) is 0 Å². The third kappa shape index (κ3) is 7.00. The summed E-state index contributed by atoms with van der Waals surface area (Å²) in [5.74, 6) is 0.0393. The van der Waals surface area contributed by atoms with E-state index in [1.165, 1.54) is 12.2 Å². The van der Waals surface area contributed by atoms with Gasteiger partial charge in [0.1, 0.15) is 0 Å². The first-order chi connectivity index (χ1) is 5.79. The summed E-state index contributed by atoms with van der Waals surface area (Å²) in [5.41, 5.74) is 0.879. The second-order valence-electron chi connectivity index (χ2n) is 1.64. The number of allylic oxidation sites excluding steroid dienone is 5. The largest absolute Gasteiger partial charge is 0.290 e. The fraction of sp³-hybridized carbons (Fsp3) is 0.364. The van der Waals surface area contributed by atoms with E-state index in [0.717, 1.165) is 5.57 Å². The molecule has 0 bridgehead atoms. The third-order valence-corrected chi connectivity index (χ3v) is 0.923. The Hall–Kier alpha value is -1.11. The Kier molecular flexibility index (Phi) is 11.1. The van der Waals surface area contributed by atoms with Crippen molar-refractivity contribution in [2.75, 3.05) is 0 Å². The number of hydrogen-bond acceptors (Lipinski definition) is 1. The zero-order valence-electron chi connectivity index (χ0n) is 8.42. The first kappa shape index (κ1) is 13.5. The summed E-state index contributed by atoms with van der Waals surface area (Å²) in [6.45, 7) is 11.6. The molecule has 1 nitrogen and oxygen atoms in total. The predicted molar refractivity (Wildman–Crippen MR) is 55.1 cm³/mol. The van der Waals surface area contributed by atoms with E-state index in [9.17, 15) is 4.79 Å². The molecule has 0 unspecified atom stereocenters. The predicted octanol–water partition coefficient (Wildman–Crippen LogP) is 3.29. The van der Waals surface area contributed by atoms with E-state index >= 15 is 0 Å². The van der Waals surface area contributed by atoms with Crippen molar-refractivity contribution in [2.45, 2.75) is 27.7 Å². The molecule has 0 heterocycles. The van der Waals surface area contributed by atoms with Gasteiger partial charge in [0.05, 0.1) is 0 Å². The van der Waals surface area contributed by atoms with Gasteiger partial charge in [-0.1, -0.05) is 46.4 Å². The van der Waals surface area contributed by atoms with E-state index in [0.29, 0.717) is 0 Å². The van der Waals surface area contributed by atoms with Crippen LogP contribution in [0.5, 0.6) is 0 Å². The van der Waals surface area contributed by atoms with E-state index in [1.54, 1.807) is 12.2 Å². The highest BCUT2D eigenvalue weighted by molar-refractivity contribution is 6.01. The zero-order valence-corrected chi connectivity index (χ0v) is 8.42. The highest BCUT2D eigenvalue weighted by Gasteiger charge is 1.93. The molecule has 0 saturated carbocycles. The molecular formula is C11H18O. The minimum absolute atomic E-state index is 0.0393. The molecule has 0 atom stereocenters. The Bertz CT molecular complexity index is 147. The topological polar surface area (TPSA) is 17.1 Å². The van der Waals surface area contributed by atoms with Gasteiger partial charge in [-0.2, -0.15) is 0 Å². The number of carbonyl (C=O) groups is 1. The van der Waals surface area contributed by atoms with E-state index in [2.05, 4.69) is 6.58 Å². The van der Waals surface area contributed by atoms with Crippen molar-refractivity contribution >= 4 is 5.78 Å². The van der Waals surface area contributed by atoms with Crippen LogP contribution in [0.2, 0.25) is 0 Å². The molecule has 0 aromatic rings. The smallest absolute Gasteiger partial charge is 0.178 e. The van der Waals surface area contributed by atoms with Crippen LogP contribution in [0.4, 0.5) is 0 Å². The van der Waals surface area contributed by atoms with Crippen LogP contribution in [0.15, 0.2) is 36.5 Å². The van der Waals surface area contributed by atoms with Crippen LogP contribution in [0, 0.1) is 0 Å². The Morgan fingerprint density at radius 3 is 1.50 bits per heavy atom. The minimum atomic E-state index is 0.0393. The van der Waals surface area contributed by atoms with Gasteiger partial charge in [0.2, 0.25) is 0 Å². The summed E-state index contributed by atoms with van der Waals surface area (Å²) in [7, 11) is 0. The van der Waals surface area contributed by atoms with Gasteiger partial charge in [0, 0.05) is 0 Å². The molecular weight excluding hydrogens is 148 g/mol. The zero-order chi connectivity index (χ0) is 9.98. The van der Waals surface area contributed by atoms with E-state index in [-0.39, 0.29) is 5.78 Å². The lowest BCUT2D eigenvalue weighted by atomic mass is 10.1. The number of ketones is 1. The molecule has 0 amide bonds. The van der Waals surface area contributed by atoms with Crippen molar-refractivity contribution in [2.24, 2.45) is 0 Å². The fourth-order valence-electron chi connectivity index (χ4n) is 0.489. The molecule has 0 radical (unpaired) electrons. The maximum Gasteiger partial charge on any atom is 0.178 e. The van der Waals surface area contributed by atoms with Crippen LogP contribution < -0.4 is 0 Å². The third-order valence-electron chi connectivity index (χ3n) is 0.923. The molecule has 0 fully saturated rings. The summed E-state index contributed by atoms with van der Waals surface area (Å²) in [4.78, 5) is 10.4. The van der Waals surface area contributed by atoms with Crippen molar-refractivity contribution in [1.29, 1.82) is 0 Å². The SMILES string of the molecule is C=C1C=CC(=O)C=C1.CC.CC. The van der Waals surface area contributed by atoms with Gasteiger partial charge in [-0.25, -0.2) is 0 Å². The van der Waals surface area contributed by atoms with Gasteiger partial charge in [0.15, 0.2) is 5.78 Å². The second-order valence-corrected chi connectivity index (χ2v) is 1.64. The van der Waals surface area contributed by atoms with Gasteiger partial charge in [0.25, 0.3) is 0 Å². The lowest BCUT2D eigenvalue weighted by Crippen LogP contribution is -1.89. The average molecular weight is 166 g/mol. The number of rotatable bonds is 0. The standard InChI is InChI=1S/C7H6O.2C2H6/c1-6-2-4-7(8)5-3-6;2*1-2/h2-5H,1H2;2*1-2H3. The van der Waals surface area contributed by atoms with Crippen molar-refractivity contribution in [3.05, 3.63) is 36.5 Å². The quantitative estimate of drug-likeness (QED) is 0.539. The highest BCUT2D eigenvalue weighted by Crippen LogP contribution is 2.00. The van der Waals surface area contributed by atoms with Crippen LogP contribution in [0.25, 0.3) is 0 Å². The first-order valence-electron chi connectivity index (χ1n) is 4.38. The Labute approximate surface area is 75.5 Å². The maximum atomic E-state index is 10.4. The summed E-state index contributed by atoms with van der Waals surface area (Å²) in [6, 6.07) is 0. The van der Waals surface area contributed by atoms with Crippen LogP contribution in [-0.4, -0.2) is 5.78 Å². The molecule has 1 heteroatoms. The molecule has 1 aliphatic rings. The van der Waals surface area contributed by atoms with E-state index in [4.69, 9.17) is 0 Å². The minimum Gasteiger partial charge on any atom is -0.290 e. The van der Waals surface area contributed by atoms with Crippen LogP contribution >= 0.6 is 0 Å². The van der Waals surface area contributed by atoms with Crippen molar-refractivity contribution in [3.63, 3.8) is 0 Å². The number of hydrogen-bond donors (Lipinski definition) is 0. The van der Waals surface area contributed by atoms with Gasteiger partial charge in [-0.3, -0.25) is 4.79 Å². The van der Waals surface area contributed by atoms with Crippen molar-refractivity contribution in [3.8, 4) is 0 Å². The van der Waals surface area contributed by atoms with Gasteiger partial charge in [-0.15, -0.1) is 0 Å². The van der Waals surface area contributed by atoms with E-state index < -0.39 is 0 Å². The maximum absolute atomic E-state index is 10.4. The monoisotopic (exact) mass is 166 g/mol. The van der Waals surface area contributed by atoms with Crippen LogP contribution in [0.1, 0.15) is 27.7 Å². The average Bonchev–Trinajstić information content (AvgIpc) is 2.17. The summed E-state index contributed by atoms with van der Waals surface area (Å²) >= 11 is 0. The highest BCUT2D eigenvalue weighted by atomic mass is 16.1. The van der Waals surface area contributed by atoms with Crippen LogP contribution in [-0.2, 0) is 4.79 Å². The lowest BCUT2D eigenvalue weighted by Gasteiger charge is -1.92. The summed E-state index contributed by atoms with van der Waals surface area (Å²) < 4.78 is 0. The number of carbonyl (C=O) groups excluding carboxylic acids is 1. The molecule has 0 aromatic heterocycles. The van der Waals surface area contributed by atoms with Crippen molar-refractivity contribution < 1.29 is 4.79 Å². The van der Waals surface area contributed by atoms with Gasteiger partial charge < -0.3 is 0 Å².